The Morgan fingerprint density at radius 3 is 1.82 bits per heavy atom. The highest BCUT2D eigenvalue weighted by Crippen LogP contribution is 2.54. The van der Waals surface area contributed by atoms with Gasteiger partial charge in [-0.3, -0.25) is 27.2 Å². The number of fused-ring (bicyclic) bond motifs is 4. The number of ether oxygens (including phenoxy) is 2. The predicted molar refractivity (Wildman–Crippen MR) is 139 cm³/mol. The van der Waals surface area contributed by atoms with Gasteiger partial charge in [0.25, 0.3) is 0 Å². The summed E-state index contributed by atoms with van der Waals surface area (Å²) in [4.78, 5) is 45.0. The minimum Gasteiger partial charge on any atom is -0.386 e. The summed E-state index contributed by atoms with van der Waals surface area (Å²) in [6.45, 7) is -1.68. The molecule has 7 rings (SSSR count). The zero-order valence-corrected chi connectivity index (χ0v) is 23.7. The molecule has 0 aliphatic carbocycles. The van der Waals surface area contributed by atoms with Crippen LogP contribution in [0.5, 0.6) is 0 Å². The monoisotopic (exact) mass is 660 g/mol. The van der Waals surface area contributed by atoms with Gasteiger partial charge in [0, 0.05) is 0 Å². The molecule has 7 N–H and O–H groups in total. The molecule has 0 bridgehead atoms. The Bertz CT molecular complexity index is 1700. The van der Waals surface area contributed by atoms with E-state index in [1.807, 2.05) is 0 Å². The number of nitrogens with two attached hydrogens (primary N) is 2. The van der Waals surface area contributed by atoms with Crippen LogP contribution >= 0.6 is 15.6 Å². The largest absolute Gasteiger partial charge is 0.472 e. The van der Waals surface area contributed by atoms with Gasteiger partial charge in [-0.2, -0.15) is 0 Å². The van der Waals surface area contributed by atoms with E-state index < -0.39 is 78.0 Å². The van der Waals surface area contributed by atoms with Crippen LogP contribution in [0.2, 0.25) is 0 Å². The quantitative estimate of drug-likeness (QED) is 0.167. The standard InChI is InChI=1S/C20H23FN10O11P2/c21-9-13-7(39-19(9)30-5-28-10-15(22)24-3-26-17(10)30)1-37-44(35,36)42-14-8(2-38-43(33,34)41-13)40-20(12(14)32)31-6-29-11-16(23)25-4-27-18(11)31/h3-9,12-14,19-20,32H,1-2H2,(H,33,34)(H,35,36)(H2,22,24,26)(H2,23,25,27)/t7-,8-,9-,12-,13-,14-,19-,20-/m1/s1. The van der Waals surface area contributed by atoms with E-state index in [2.05, 4.69) is 29.9 Å². The number of rotatable bonds is 2. The number of alkyl halides is 1. The molecule has 3 aliphatic rings. The summed E-state index contributed by atoms with van der Waals surface area (Å²) < 4.78 is 76.4. The third-order valence-electron chi connectivity index (χ3n) is 7.21. The van der Waals surface area contributed by atoms with E-state index in [4.69, 9.17) is 39.0 Å². The van der Waals surface area contributed by atoms with Gasteiger partial charge in [0.2, 0.25) is 0 Å². The van der Waals surface area contributed by atoms with Gasteiger partial charge < -0.3 is 35.8 Å². The Hall–Kier alpha value is -3.27. The molecule has 0 aromatic carbocycles. The number of nitrogen functional groups attached to an aromatic ring is 2. The van der Waals surface area contributed by atoms with Crippen molar-refractivity contribution in [3.63, 3.8) is 0 Å². The number of aromatic nitrogens is 8. The normalized spacial score (nSPS) is 38.3. The van der Waals surface area contributed by atoms with Gasteiger partial charge in [0.1, 0.15) is 54.2 Å². The summed E-state index contributed by atoms with van der Waals surface area (Å²) in [6.07, 6.45) is -8.61. The molecule has 4 aromatic heterocycles. The van der Waals surface area contributed by atoms with E-state index in [-0.39, 0.29) is 34.0 Å². The fourth-order valence-electron chi connectivity index (χ4n) is 5.21. The SMILES string of the molecule is Nc1ncnc2c1ncn2[C@@H]1O[C@@H]2COP(=O)(O)O[C@H]3[C@@H](F)[C@H](n4cnc5c(N)ncnc54)O[C@@H]3COP(=O)(O)O[C@H]2[C@H]1O. The van der Waals surface area contributed by atoms with Crippen molar-refractivity contribution >= 4 is 49.6 Å². The summed E-state index contributed by atoms with van der Waals surface area (Å²) in [6, 6.07) is 0. The Kier molecular flexibility index (Phi) is 7.14. The second-order valence-corrected chi connectivity index (χ2v) is 12.7. The lowest BCUT2D eigenvalue weighted by atomic mass is 10.1. The van der Waals surface area contributed by atoms with Crippen molar-refractivity contribution in [2.24, 2.45) is 0 Å². The molecule has 0 saturated carbocycles. The first-order valence-corrected chi connectivity index (χ1v) is 15.7. The van der Waals surface area contributed by atoms with Gasteiger partial charge in [-0.05, 0) is 0 Å². The number of halogens is 1. The number of phosphoric acid groups is 2. The number of imidazole rings is 2. The molecule has 0 amide bonds. The van der Waals surface area contributed by atoms with Gasteiger partial charge in [0.15, 0.2) is 41.6 Å². The average Bonchev–Trinajstić information content (AvgIpc) is 3.73. The lowest BCUT2D eigenvalue weighted by Crippen LogP contribution is -2.38. The van der Waals surface area contributed by atoms with Crippen LogP contribution < -0.4 is 11.5 Å². The Morgan fingerprint density at radius 2 is 1.25 bits per heavy atom. The van der Waals surface area contributed by atoms with Crippen LogP contribution in [0.4, 0.5) is 16.0 Å². The minimum absolute atomic E-state index is 0.00989. The van der Waals surface area contributed by atoms with Crippen molar-refractivity contribution < 1.29 is 56.0 Å². The highest BCUT2D eigenvalue weighted by molar-refractivity contribution is 7.47. The van der Waals surface area contributed by atoms with E-state index in [1.54, 1.807) is 0 Å². The Labute approximate surface area is 244 Å². The first kappa shape index (κ1) is 29.4. The van der Waals surface area contributed by atoms with Crippen molar-refractivity contribution in [3.05, 3.63) is 25.3 Å². The van der Waals surface area contributed by atoms with E-state index in [1.165, 1.54) is 10.9 Å². The maximum Gasteiger partial charge on any atom is 0.472 e. The predicted octanol–water partition coefficient (Wildman–Crippen LogP) is -0.658. The van der Waals surface area contributed by atoms with Crippen molar-refractivity contribution in [2.45, 2.75) is 49.1 Å². The molecule has 10 atom stereocenters. The van der Waals surface area contributed by atoms with Crippen LogP contribution in [0.3, 0.4) is 0 Å². The van der Waals surface area contributed by atoms with E-state index >= 15 is 4.39 Å². The van der Waals surface area contributed by atoms with Gasteiger partial charge in [-0.15, -0.1) is 0 Å². The molecule has 21 nitrogen and oxygen atoms in total. The van der Waals surface area contributed by atoms with Crippen molar-refractivity contribution in [1.82, 2.24) is 39.0 Å². The topological polar surface area (TPSA) is 289 Å². The zero-order chi connectivity index (χ0) is 31.0. The fourth-order valence-corrected chi connectivity index (χ4v) is 7.13. The first-order chi connectivity index (χ1) is 20.9. The lowest BCUT2D eigenvalue weighted by Gasteiger charge is -2.27. The molecular formula is C20H23FN10O11P2. The Morgan fingerprint density at radius 1 is 0.773 bits per heavy atom. The lowest BCUT2D eigenvalue weighted by molar-refractivity contribution is -0.0663. The van der Waals surface area contributed by atoms with Crippen molar-refractivity contribution in [2.75, 3.05) is 24.7 Å². The highest BCUT2D eigenvalue weighted by Gasteiger charge is 2.54. The molecule has 3 fully saturated rings. The molecule has 3 saturated heterocycles. The van der Waals surface area contributed by atoms with E-state index in [9.17, 15) is 24.0 Å². The molecule has 236 valence electrons. The Balaban J connectivity index is 1.17. The van der Waals surface area contributed by atoms with Crippen LogP contribution in [-0.2, 0) is 36.7 Å². The van der Waals surface area contributed by atoms with E-state index in [0.29, 0.717) is 0 Å². The third-order valence-corrected chi connectivity index (χ3v) is 9.18. The summed E-state index contributed by atoms with van der Waals surface area (Å²) in [5.41, 5.74) is 12.2. The number of aliphatic hydroxyl groups excluding tert-OH is 1. The molecule has 0 radical (unpaired) electrons. The maximum absolute atomic E-state index is 15.8. The van der Waals surface area contributed by atoms with E-state index in [0.717, 1.165) is 23.5 Å². The summed E-state index contributed by atoms with van der Waals surface area (Å²) in [5.74, 6) is 0.0504. The van der Waals surface area contributed by atoms with Crippen LogP contribution in [0.1, 0.15) is 12.5 Å². The van der Waals surface area contributed by atoms with Crippen LogP contribution in [0, 0.1) is 0 Å². The molecule has 4 aromatic rings. The minimum atomic E-state index is -5.08. The molecule has 7 heterocycles. The maximum atomic E-state index is 15.8. The van der Waals surface area contributed by atoms with Crippen LogP contribution in [0.25, 0.3) is 22.3 Å². The molecule has 3 aliphatic heterocycles. The highest BCUT2D eigenvalue weighted by atomic mass is 31.2. The first-order valence-electron chi connectivity index (χ1n) is 12.7. The van der Waals surface area contributed by atoms with Gasteiger partial charge in [-0.1, -0.05) is 0 Å². The number of hydrogen-bond donors (Lipinski definition) is 5. The van der Waals surface area contributed by atoms with Crippen molar-refractivity contribution in [1.29, 1.82) is 0 Å². The molecule has 0 spiro atoms. The number of phosphoric ester groups is 2. The summed E-state index contributed by atoms with van der Waals surface area (Å²) in [7, 11) is -10.1. The van der Waals surface area contributed by atoms with Crippen LogP contribution in [0.15, 0.2) is 25.3 Å². The third kappa shape index (κ3) is 5.03. The molecule has 2 unspecified atom stereocenters. The summed E-state index contributed by atoms with van der Waals surface area (Å²) >= 11 is 0. The van der Waals surface area contributed by atoms with Crippen molar-refractivity contribution in [3.8, 4) is 0 Å². The molecule has 24 heteroatoms. The molecular weight excluding hydrogens is 637 g/mol. The second-order valence-electron chi connectivity index (χ2n) is 9.90. The van der Waals surface area contributed by atoms with Gasteiger partial charge in [0.05, 0.1) is 25.9 Å². The number of nitrogens with zero attached hydrogens (tertiary/aromatic N) is 8. The zero-order valence-electron chi connectivity index (χ0n) is 22.0. The number of aliphatic hydroxyl groups is 1. The molecule has 44 heavy (non-hydrogen) atoms. The number of anilines is 2. The van der Waals surface area contributed by atoms with Gasteiger partial charge in [-0.25, -0.2) is 43.4 Å². The van der Waals surface area contributed by atoms with Gasteiger partial charge >= 0.3 is 15.6 Å². The van der Waals surface area contributed by atoms with Crippen LogP contribution in [-0.4, -0.2) is 104 Å². The number of hydrogen-bond acceptors (Lipinski definition) is 17. The fraction of sp³-hybridized carbons (Fsp3) is 0.500. The average molecular weight is 660 g/mol. The smallest absolute Gasteiger partial charge is 0.386 e. The second kappa shape index (κ2) is 10.7. The summed E-state index contributed by atoms with van der Waals surface area (Å²) in [5, 5.41) is 11.1.